The first-order valence-electron chi connectivity index (χ1n) is 11.3. The maximum atomic E-state index is 14.2. The van der Waals surface area contributed by atoms with Crippen LogP contribution in [0.5, 0.6) is 5.75 Å². The van der Waals surface area contributed by atoms with Crippen molar-refractivity contribution < 1.29 is 42.9 Å². The van der Waals surface area contributed by atoms with Crippen LogP contribution < -0.4 is 20.9 Å². The number of aliphatic hydroxyl groups excluding tert-OH is 2. The Morgan fingerprint density at radius 1 is 1.24 bits per heavy atom. The lowest BCUT2D eigenvalue weighted by molar-refractivity contribution is -0.173. The molecular weight excluding hydrogens is 528 g/mol. The topological polar surface area (TPSA) is 189 Å². The lowest BCUT2D eigenvalue weighted by Gasteiger charge is -2.27. The summed E-state index contributed by atoms with van der Waals surface area (Å²) in [5.41, 5.74) is -1.07. The molecular formula is C23H33FN3O10P. The molecule has 0 aliphatic carbocycles. The number of alkyl halides is 1. The number of para-hydroxylation sites is 1. The Labute approximate surface area is 218 Å². The van der Waals surface area contributed by atoms with Crippen LogP contribution >= 0.6 is 7.75 Å². The number of halogens is 1. The predicted octanol–water partition coefficient (Wildman–Crippen LogP) is 1.20. The Bertz CT molecular complexity index is 1200. The highest BCUT2D eigenvalue weighted by atomic mass is 31.2. The standard InChI is InChI=1S/C18H27FNO7P.C5H6N2O3/c1-5-9-16(21)18(19,23)12-25-28(24,27-15-10-7-6-8-11-15)20-14(4)17(22)26-13(2)3;8-3-7-2-1-4(9)6-5(7)10/h5-11,13-14,16,21,23H,12H2,1-4H3,(H,20,24);1-2,8H,3H2,(H,6,9,10)/t14?,16-,18+,28-;/m0./s1. The van der Waals surface area contributed by atoms with Gasteiger partial charge in [-0.25, -0.2) is 13.8 Å². The predicted molar refractivity (Wildman–Crippen MR) is 135 cm³/mol. The molecule has 0 aliphatic heterocycles. The average molecular weight is 562 g/mol. The number of aliphatic hydroxyl groups is 3. The second-order valence-corrected chi connectivity index (χ2v) is 9.72. The quantitative estimate of drug-likeness (QED) is 0.142. The van der Waals surface area contributed by atoms with E-state index in [2.05, 4.69) is 5.09 Å². The number of esters is 1. The number of aromatic nitrogens is 2. The van der Waals surface area contributed by atoms with Crippen molar-refractivity contribution in [2.45, 2.75) is 58.5 Å². The van der Waals surface area contributed by atoms with Gasteiger partial charge in [-0.05, 0) is 39.8 Å². The van der Waals surface area contributed by atoms with Crippen molar-refractivity contribution >= 4 is 13.7 Å². The molecule has 0 radical (unpaired) electrons. The summed E-state index contributed by atoms with van der Waals surface area (Å²) in [7, 11) is -4.34. The van der Waals surface area contributed by atoms with Crippen molar-refractivity contribution in [2.75, 3.05) is 6.61 Å². The van der Waals surface area contributed by atoms with E-state index in [0.717, 1.165) is 16.7 Å². The third kappa shape index (κ3) is 11.5. The van der Waals surface area contributed by atoms with Gasteiger partial charge in [0.05, 0.1) is 6.10 Å². The van der Waals surface area contributed by atoms with Gasteiger partial charge in [0.2, 0.25) is 0 Å². The average Bonchev–Trinajstić information content (AvgIpc) is 2.84. The fraction of sp³-hybridized carbons (Fsp3) is 0.435. The summed E-state index contributed by atoms with van der Waals surface area (Å²) in [6.45, 7) is 4.58. The summed E-state index contributed by atoms with van der Waals surface area (Å²) in [6, 6.07) is 7.91. The number of hydrogen-bond acceptors (Lipinski definition) is 10. The molecule has 0 spiro atoms. The van der Waals surface area contributed by atoms with Crippen LogP contribution in [0.15, 0.2) is 64.3 Å². The molecule has 38 heavy (non-hydrogen) atoms. The van der Waals surface area contributed by atoms with Gasteiger partial charge in [0, 0.05) is 12.3 Å². The van der Waals surface area contributed by atoms with Gasteiger partial charge >= 0.3 is 19.4 Å². The number of allylic oxidation sites excluding steroid dienone is 1. The van der Waals surface area contributed by atoms with Crippen LogP contribution in [0.4, 0.5) is 4.39 Å². The van der Waals surface area contributed by atoms with E-state index < -0.39 is 62.4 Å². The van der Waals surface area contributed by atoms with E-state index in [9.17, 15) is 33.6 Å². The molecule has 1 aromatic heterocycles. The molecule has 212 valence electrons. The number of rotatable bonds is 12. The van der Waals surface area contributed by atoms with E-state index in [4.69, 9.17) is 18.9 Å². The van der Waals surface area contributed by atoms with E-state index in [1.807, 2.05) is 4.98 Å². The fourth-order valence-electron chi connectivity index (χ4n) is 2.48. The van der Waals surface area contributed by atoms with Gasteiger partial charge in [-0.2, -0.15) is 5.09 Å². The first-order chi connectivity index (χ1) is 17.7. The number of benzene rings is 1. The Hall–Kier alpha value is -3.13. The second kappa shape index (κ2) is 15.3. The van der Waals surface area contributed by atoms with Crippen LogP contribution in [0.3, 0.4) is 0 Å². The van der Waals surface area contributed by atoms with Crippen LogP contribution in [0.1, 0.15) is 27.7 Å². The Kier molecular flexibility index (Phi) is 13.3. The van der Waals surface area contributed by atoms with E-state index in [-0.39, 0.29) is 5.75 Å². The molecule has 0 saturated carbocycles. The number of aromatic amines is 1. The van der Waals surface area contributed by atoms with Crippen molar-refractivity contribution in [3.8, 4) is 5.75 Å². The molecule has 4 atom stereocenters. The van der Waals surface area contributed by atoms with Crippen LogP contribution in [0.2, 0.25) is 0 Å². The van der Waals surface area contributed by atoms with Crippen LogP contribution in [-0.4, -0.2) is 61.6 Å². The Morgan fingerprint density at radius 2 is 1.87 bits per heavy atom. The summed E-state index contributed by atoms with van der Waals surface area (Å²) in [4.78, 5) is 35.0. The van der Waals surface area contributed by atoms with Gasteiger partial charge in [0.15, 0.2) is 0 Å². The zero-order valence-electron chi connectivity index (χ0n) is 21.3. The third-order valence-electron chi connectivity index (χ3n) is 4.34. The molecule has 0 bridgehead atoms. The van der Waals surface area contributed by atoms with Crippen molar-refractivity contribution in [3.05, 3.63) is 75.6 Å². The number of hydrogen-bond donors (Lipinski definition) is 5. The van der Waals surface area contributed by atoms with Crippen LogP contribution in [-0.2, 0) is 25.4 Å². The minimum Gasteiger partial charge on any atom is -0.462 e. The number of carbonyl (C=O) groups is 1. The molecule has 1 aromatic carbocycles. The number of nitrogens with zero attached hydrogens (tertiary/aromatic N) is 1. The summed E-state index contributed by atoms with van der Waals surface area (Å²) in [5.74, 6) is -3.83. The highest BCUT2D eigenvalue weighted by Crippen LogP contribution is 2.45. The maximum absolute atomic E-state index is 14.2. The highest BCUT2D eigenvalue weighted by molar-refractivity contribution is 7.52. The molecule has 13 nitrogen and oxygen atoms in total. The molecule has 1 heterocycles. The van der Waals surface area contributed by atoms with Gasteiger partial charge in [0.1, 0.15) is 31.2 Å². The molecule has 0 saturated heterocycles. The van der Waals surface area contributed by atoms with Gasteiger partial charge in [0.25, 0.3) is 11.4 Å². The molecule has 2 rings (SSSR count). The van der Waals surface area contributed by atoms with E-state index >= 15 is 0 Å². The Morgan fingerprint density at radius 3 is 2.39 bits per heavy atom. The second-order valence-electron chi connectivity index (χ2n) is 8.02. The van der Waals surface area contributed by atoms with Crippen molar-refractivity contribution in [3.63, 3.8) is 0 Å². The zero-order chi connectivity index (χ0) is 28.9. The third-order valence-corrected chi connectivity index (χ3v) is 5.96. The molecule has 2 aromatic rings. The smallest absolute Gasteiger partial charge is 0.459 e. The molecule has 5 N–H and O–H groups in total. The molecule has 1 unspecified atom stereocenters. The van der Waals surface area contributed by atoms with E-state index in [1.165, 1.54) is 38.3 Å². The summed E-state index contributed by atoms with van der Waals surface area (Å²) >= 11 is 0. The van der Waals surface area contributed by atoms with Crippen LogP contribution in [0.25, 0.3) is 0 Å². The molecule has 0 fully saturated rings. The minimum atomic E-state index is -4.34. The SMILES string of the molecule is CC=C[C@H](O)[C@@](O)(F)CO[P@@](=O)(NC(C)C(=O)OC(C)C)Oc1ccccc1.O=c1ccn(CO)c(=O)[nH]1. The first-order valence-corrected chi connectivity index (χ1v) is 12.9. The summed E-state index contributed by atoms with van der Waals surface area (Å²) < 4.78 is 43.6. The number of carbonyl (C=O) groups excluding carboxylic acids is 1. The highest BCUT2D eigenvalue weighted by Gasteiger charge is 2.40. The van der Waals surface area contributed by atoms with Gasteiger partial charge in [-0.3, -0.25) is 23.7 Å². The van der Waals surface area contributed by atoms with Crippen molar-refractivity contribution in [1.29, 1.82) is 0 Å². The number of nitrogens with one attached hydrogen (secondary N) is 2. The van der Waals surface area contributed by atoms with Gasteiger partial charge < -0.3 is 24.6 Å². The van der Waals surface area contributed by atoms with Crippen LogP contribution in [0, 0.1) is 0 Å². The normalized spacial score (nSPS) is 16.0. The lowest BCUT2D eigenvalue weighted by Crippen LogP contribution is -2.42. The zero-order valence-corrected chi connectivity index (χ0v) is 22.2. The lowest BCUT2D eigenvalue weighted by atomic mass is 10.2. The Balaban J connectivity index is 0.000000600. The largest absolute Gasteiger partial charge is 0.462 e. The fourth-order valence-corrected chi connectivity index (χ4v) is 3.99. The number of H-pyrrole nitrogens is 1. The van der Waals surface area contributed by atoms with Gasteiger partial charge in [-0.1, -0.05) is 30.4 Å². The minimum absolute atomic E-state index is 0.124. The molecule has 0 aliphatic rings. The monoisotopic (exact) mass is 561 g/mol. The van der Waals surface area contributed by atoms with E-state index in [1.54, 1.807) is 32.0 Å². The summed E-state index contributed by atoms with van der Waals surface area (Å²) in [6.07, 6.45) is 1.24. The number of ether oxygens (including phenoxy) is 1. The van der Waals surface area contributed by atoms with Crippen molar-refractivity contribution in [1.82, 2.24) is 14.6 Å². The molecule has 0 amide bonds. The first kappa shape index (κ1) is 32.9. The van der Waals surface area contributed by atoms with Gasteiger partial charge in [-0.15, -0.1) is 0 Å². The maximum Gasteiger partial charge on any atom is 0.459 e. The van der Waals surface area contributed by atoms with Crippen molar-refractivity contribution in [2.24, 2.45) is 0 Å². The summed E-state index contributed by atoms with van der Waals surface area (Å²) in [5, 5.41) is 30.1. The van der Waals surface area contributed by atoms with E-state index in [0.29, 0.717) is 0 Å². The molecule has 15 heteroatoms.